The summed E-state index contributed by atoms with van der Waals surface area (Å²) in [7, 11) is -4.90. The average molecular weight is 358 g/mol. The zero-order valence-electron chi connectivity index (χ0n) is 9.24. The van der Waals surface area contributed by atoms with Crippen molar-refractivity contribution in [2.45, 2.75) is 11.7 Å². The predicted octanol–water partition coefficient (Wildman–Crippen LogP) is 2.13. The van der Waals surface area contributed by atoms with E-state index >= 15 is 0 Å². The summed E-state index contributed by atoms with van der Waals surface area (Å²) in [5.41, 5.74) is -0.406. The summed E-state index contributed by atoms with van der Waals surface area (Å²) >= 11 is 2.77. The first-order valence-corrected chi connectivity index (χ1v) is 7.32. The Kier molecular flexibility index (Phi) is 3.61. The van der Waals surface area contributed by atoms with Gasteiger partial charge in [0, 0.05) is 19.0 Å². The number of amides is 1. The third-order valence-corrected chi connectivity index (χ3v) is 4.49. The van der Waals surface area contributed by atoms with Gasteiger partial charge in [0.15, 0.2) is 0 Å². The lowest BCUT2D eigenvalue weighted by Crippen LogP contribution is -2.27. The second kappa shape index (κ2) is 4.78. The van der Waals surface area contributed by atoms with Gasteiger partial charge < -0.3 is 4.90 Å². The van der Waals surface area contributed by atoms with Crippen molar-refractivity contribution < 1.29 is 25.9 Å². The Morgan fingerprint density at radius 2 is 1.89 bits per heavy atom. The molecule has 104 valence electrons. The Balaban J connectivity index is 2.39. The highest BCUT2D eigenvalue weighted by Gasteiger charge is 2.40. The number of carbonyl (C=O) groups is 1. The van der Waals surface area contributed by atoms with E-state index in [0.717, 1.165) is 17.0 Å². The van der Waals surface area contributed by atoms with Crippen molar-refractivity contribution >= 4 is 37.7 Å². The van der Waals surface area contributed by atoms with Crippen LogP contribution in [0.4, 0.5) is 18.4 Å². The molecule has 2 rings (SSSR count). The van der Waals surface area contributed by atoms with Gasteiger partial charge in [-0.2, -0.15) is 8.42 Å². The maximum atomic E-state index is 13.6. The molecule has 0 spiro atoms. The summed E-state index contributed by atoms with van der Waals surface area (Å²) in [4.78, 5) is 12.3. The Hall–Kier alpha value is -1.09. The largest absolute Gasteiger partial charge is 0.308 e. The van der Waals surface area contributed by atoms with E-state index in [4.69, 9.17) is 0 Å². The fourth-order valence-corrected chi connectivity index (χ4v) is 2.80. The molecule has 1 aromatic rings. The standard InChI is InChI=1S/C10H7BrF3NO3S/c11-6-2-8(13)9(3-7(6)12)15-4-5(1-10(15)16)19(14,17)18/h2-3,5H,1,4H2. The van der Waals surface area contributed by atoms with Gasteiger partial charge in [-0.25, -0.2) is 8.78 Å². The minimum Gasteiger partial charge on any atom is -0.308 e. The highest BCUT2D eigenvalue weighted by atomic mass is 79.9. The number of nitrogens with zero attached hydrogens (tertiary/aromatic N) is 1. The molecule has 1 amide bonds. The summed E-state index contributed by atoms with van der Waals surface area (Å²) in [5.74, 6) is -2.49. The summed E-state index contributed by atoms with van der Waals surface area (Å²) in [6.45, 7) is -0.532. The molecule has 4 nitrogen and oxygen atoms in total. The third kappa shape index (κ3) is 2.76. The molecule has 1 unspecified atom stereocenters. The summed E-state index contributed by atoms with van der Waals surface area (Å²) < 4.78 is 61.1. The molecule has 1 aliphatic heterocycles. The first kappa shape index (κ1) is 14.3. The van der Waals surface area contributed by atoms with Gasteiger partial charge >= 0.3 is 10.2 Å². The van der Waals surface area contributed by atoms with Crippen molar-refractivity contribution in [2.75, 3.05) is 11.4 Å². The molecule has 0 aliphatic carbocycles. The molecule has 0 saturated carbocycles. The fraction of sp³-hybridized carbons (Fsp3) is 0.300. The van der Waals surface area contributed by atoms with E-state index in [1.54, 1.807) is 0 Å². The van der Waals surface area contributed by atoms with Crippen LogP contribution in [0.5, 0.6) is 0 Å². The lowest BCUT2D eigenvalue weighted by Gasteiger charge is -2.17. The Bertz CT molecular complexity index is 650. The van der Waals surface area contributed by atoms with Crippen molar-refractivity contribution in [3.8, 4) is 0 Å². The second-order valence-corrected chi connectivity index (χ2v) is 6.50. The minimum atomic E-state index is -4.90. The summed E-state index contributed by atoms with van der Waals surface area (Å²) in [6.07, 6.45) is -0.587. The van der Waals surface area contributed by atoms with Gasteiger partial charge in [0.25, 0.3) is 0 Å². The Morgan fingerprint density at radius 1 is 1.26 bits per heavy atom. The van der Waals surface area contributed by atoms with Crippen molar-refractivity contribution in [3.63, 3.8) is 0 Å². The normalized spacial score (nSPS) is 20.1. The quantitative estimate of drug-likeness (QED) is 0.601. The zero-order chi connectivity index (χ0) is 14.4. The SMILES string of the molecule is O=C1CC(S(=O)(=O)F)CN1c1cc(F)c(Br)cc1F. The number of hydrogen-bond donors (Lipinski definition) is 0. The molecule has 1 aliphatic rings. The molecule has 9 heteroatoms. The van der Waals surface area contributed by atoms with Crippen LogP contribution in [0.3, 0.4) is 0 Å². The van der Waals surface area contributed by atoms with Crippen LogP contribution in [0, 0.1) is 11.6 Å². The van der Waals surface area contributed by atoms with E-state index in [1.165, 1.54) is 0 Å². The van der Waals surface area contributed by atoms with Gasteiger partial charge in [-0.3, -0.25) is 4.79 Å². The van der Waals surface area contributed by atoms with Crippen LogP contribution in [-0.4, -0.2) is 26.1 Å². The molecule has 1 fully saturated rings. The molecular weight excluding hydrogens is 351 g/mol. The van der Waals surface area contributed by atoms with Crippen molar-refractivity contribution in [1.29, 1.82) is 0 Å². The van der Waals surface area contributed by atoms with Crippen LogP contribution in [0.25, 0.3) is 0 Å². The third-order valence-electron chi connectivity index (χ3n) is 2.77. The Morgan fingerprint density at radius 3 is 2.42 bits per heavy atom. The molecular formula is C10H7BrF3NO3S. The van der Waals surface area contributed by atoms with Crippen LogP contribution < -0.4 is 4.90 Å². The van der Waals surface area contributed by atoms with Crippen LogP contribution in [0.2, 0.25) is 0 Å². The topological polar surface area (TPSA) is 54.5 Å². The molecule has 0 radical (unpaired) electrons. The van der Waals surface area contributed by atoms with Gasteiger partial charge in [0.2, 0.25) is 5.91 Å². The monoisotopic (exact) mass is 357 g/mol. The van der Waals surface area contributed by atoms with Crippen LogP contribution in [0.15, 0.2) is 16.6 Å². The number of halogens is 4. The first-order valence-electron chi connectivity index (χ1n) is 5.08. The number of carbonyl (C=O) groups excluding carboxylic acids is 1. The molecule has 1 heterocycles. The van der Waals surface area contributed by atoms with Crippen LogP contribution >= 0.6 is 15.9 Å². The smallest absolute Gasteiger partial charge is 0.307 e. The molecule has 19 heavy (non-hydrogen) atoms. The number of rotatable bonds is 2. The molecule has 1 atom stereocenters. The molecule has 0 aromatic heterocycles. The molecule has 0 bridgehead atoms. The van der Waals surface area contributed by atoms with E-state index < -0.39 is 51.7 Å². The van der Waals surface area contributed by atoms with E-state index in [9.17, 15) is 25.9 Å². The molecule has 1 aromatic carbocycles. The maximum Gasteiger partial charge on any atom is 0.307 e. The van der Waals surface area contributed by atoms with E-state index in [1.807, 2.05) is 0 Å². The van der Waals surface area contributed by atoms with Gasteiger partial charge in [-0.15, -0.1) is 3.89 Å². The number of benzene rings is 1. The van der Waals surface area contributed by atoms with Crippen molar-refractivity contribution in [1.82, 2.24) is 0 Å². The number of anilines is 1. The van der Waals surface area contributed by atoms with Gasteiger partial charge in [0.1, 0.15) is 16.9 Å². The first-order chi connectivity index (χ1) is 8.70. The maximum absolute atomic E-state index is 13.6. The van der Waals surface area contributed by atoms with E-state index in [2.05, 4.69) is 15.9 Å². The predicted molar refractivity (Wildman–Crippen MR) is 64.8 cm³/mol. The Labute approximate surface area is 115 Å². The number of hydrogen-bond acceptors (Lipinski definition) is 3. The second-order valence-electron chi connectivity index (χ2n) is 4.02. The van der Waals surface area contributed by atoms with Crippen molar-refractivity contribution in [3.05, 3.63) is 28.2 Å². The van der Waals surface area contributed by atoms with Gasteiger partial charge in [-0.1, -0.05) is 0 Å². The molecule has 0 N–H and O–H groups in total. The lowest BCUT2D eigenvalue weighted by atomic mass is 10.2. The van der Waals surface area contributed by atoms with Crippen LogP contribution in [0.1, 0.15) is 6.42 Å². The summed E-state index contributed by atoms with van der Waals surface area (Å²) in [5, 5.41) is -1.55. The van der Waals surface area contributed by atoms with E-state index in [0.29, 0.717) is 0 Å². The minimum absolute atomic E-state index is 0.130. The summed E-state index contributed by atoms with van der Waals surface area (Å²) in [6, 6.07) is 1.57. The van der Waals surface area contributed by atoms with Crippen molar-refractivity contribution in [2.24, 2.45) is 0 Å². The van der Waals surface area contributed by atoms with Gasteiger partial charge in [-0.05, 0) is 22.0 Å². The lowest BCUT2D eigenvalue weighted by molar-refractivity contribution is -0.117. The average Bonchev–Trinajstić information content (AvgIpc) is 2.65. The highest BCUT2D eigenvalue weighted by molar-refractivity contribution is 9.10. The fourth-order valence-electron chi connectivity index (χ4n) is 1.82. The van der Waals surface area contributed by atoms with Gasteiger partial charge in [0.05, 0.1) is 10.2 Å². The zero-order valence-corrected chi connectivity index (χ0v) is 11.6. The highest BCUT2D eigenvalue weighted by Crippen LogP contribution is 2.31. The van der Waals surface area contributed by atoms with Crippen LogP contribution in [-0.2, 0) is 15.0 Å². The van der Waals surface area contributed by atoms with E-state index in [-0.39, 0.29) is 4.47 Å². The molecule has 1 saturated heterocycles.